The van der Waals surface area contributed by atoms with E-state index < -0.39 is 0 Å². The Morgan fingerprint density at radius 1 is 1.19 bits per heavy atom. The van der Waals surface area contributed by atoms with Crippen molar-refractivity contribution in [2.45, 2.75) is 13.3 Å². The van der Waals surface area contributed by atoms with Crippen molar-refractivity contribution in [2.24, 2.45) is 0 Å². The van der Waals surface area contributed by atoms with Gasteiger partial charge < -0.3 is 0 Å². The van der Waals surface area contributed by atoms with Crippen molar-refractivity contribution in [3.63, 3.8) is 0 Å². The molecular weight excluding hydrogens is 198 g/mol. The second kappa shape index (κ2) is 4.54. The molecule has 2 rings (SSSR count). The lowest BCUT2D eigenvalue weighted by molar-refractivity contribution is 1.13. The van der Waals surface area contributed by atoms with Crippen LogP contribution in [0.15, 0.2) is 36.7 Å². The predicted molar refractivity (Wildman–Crippen MR) is 61.6 cm³/mol. The molecule has 0 saturated carbocycles. The van der Waals surface area contributed by atoms with Crippen LogP contribution in [0.2, 0.25) is 0 Å². The Labute approximate surface area is 94.4 Å². The Morgan fingerprint density at radius 2 is 1.94 bits per heavy atom. The molecular formula is C13H11N3. The lowest BCUT2D eigenvalue weighted by Gasteiger charge is -2.01. The lowest BCUT2D eigenvalue weighted by atomic mass is 10.1. The fourth-order valence-corrected chi connectivity index (χ4v) is 1.49. The van der Waals surface area contributed by atoms with Crippen molar-refractivity contribution in [1.29, 1.82) is 5.26 Å². The van der Waals surface area contributed by atoms with Gasteiger partial charge in [0.05, 0.1) is 5.69 Å². The SMILES string of the molecule is CCc1ccc(-c2cc(C#N)ncn2)cc1. The number of hydrogen-bond acceptors (Lipinski definition) is 3. The minimum atomic E-state index is 0.393. The Hall–Kier alpha value is -2.21. The molecule has 0 spiro atoms. The lowest BCUT2D eigenvalue weighted by Crippen LogP contribution is -1.89. The summed E-state index contributed by atoms with van der Waals surface area (Å²) >= 11 is 0. The van der Waals surface area contributed by atoms with Gasteiger partial charge >= 0.3 is 0 Å². The molecule has 0 radical (unpaired) electrons. The molecule has 0 unspecified atom stereocenters. The molecule has 0 N–H and O–H groups in total. The smallest absolute Gasteiger partial charge is 0.144 e. The topological polar surface area (TPSA) is 49.6 Å². The first-order valence-electron chi connectivity index (χ1n) is 5.15. The molecule has 0 bridgehead atoms. The summed E-state index contributed by atoms with van der Waals surface area (Å²) in [6, 6.07) is 11.9. The molecule has 1 heterocycles. The summed E-state index contributed by atoms with van der Waals surface area (Å²) in [6.45, 7) is 2.12. The van der Waals surface area contributed by atoms with E-state index in [9.17, 15) is 0 Å². The first-order chi connectivity index (χ1) is 7.83. The second-order valence-corrected chi connectivity index (χ2v) is 3.45. The molecule has 0 aliphatic rings. The molecule has 0 amide bonds. The van der Waals surface area contributed by atoms with Crippen LogP contribution < -0.4 is 0 Å². The zero-order chi connectivity index (χ0) is 11.4. The zero-order valence-corrected chi connectivity index (χ0v) is 9.01. The van der Waals surface area contributed by atoms with Crippen LogP contribution in [-0.2, 0) is 6.42 Å². The van der Waals surface area contributed by atoms with Gasteiger partial charge in [-0.2, -0.15) is 5.26 Å². The van der Waals surface area contributed by atoms with E-state index in [4.69, 9.17) is 5.26 Å². The highest BCUT2D eigenvalue weighted by atomic mass is 14.8. The van der Waals surface area contributed by atoms with Crippen molar-refractivity contribution >= 4 is 0 Å². The van der Waals surface area contributed by atoms with E-state index in [2.05, 4.69) is 29.0 Å². The van der Waals surface area contributed by atoms with Gasteiger partial charge in [-0.1, -0.05) is 31.2 Å². The largest absolute Gasteiger partial charge is 0.236 e. The number of hydrogen-bond donors (Lipinski definition) is 0. The third-order valence-corrected chi connectivity index (χ3v) is 2.44. The van der Waals surface area contributed by atoms with Crippen LogP contribution in [0.5, 0.6) is 0 Å². The molecule has 0 saturated heterocycles. The van der Waals surface area contributed by atoms with Gasteiger partial charge in [0.25, 0.3) is 0 Å². The molecule has 3 heteroatoms. The van der Waals surface area contributed by atoms with Gasteiger partial charge in [0.2, 0.25) is 0 Å². The van der Waals surface area contributed by atoms with Gasteiger partial charge in [-0.05, 0) is 12.0 Å². The maximum atomic E-state index is 8.75. The van der Waals surface area contributed by atoms with Crippen LogP contribution in [0.1, 0.15) is 18.2 Å². The summed E-state index contributed by atoms with van der Waals surface area (Å²) in [5, 5.41) is 8.75. The third-order valence-electron chi connectivity index (χ3n) is 2.44. The van der Waals surface area contributed by atoms with Crippen molar-refractivity contribution in [3.8, 4) is 17.3 Å². The van der Waals surface area contributed by atoms with E-state index in [-0.39, 0.29) is 0 Å². The van der Waals surface area contributed by atoms with Crippen LogP contribution in [0.25, 0.3) is 11.3 Å². The van der Waals surface area contributed by atoms with Gasteiger partial charge in [0.1, 0.15) is 18.1 Å². The summed E-state index contributed by atoms with van der Waals surface area (Å²) in [4.78, 5) is 8.00. The number of aryl methyl sites for hydroxylation is 1. The van der Waals surface area contributed by atoms with Gasteiger partial charge in [-0.3, -0.25) is 0 Å². The quantitative estimate of drug-likeness (QED) is 0.763. The highest BCUT2D eigenvalue weighted by Gasteiger charge is 2.01. The van der Waals surface area contributed by atoms with E-state index in [1.807, 2.05) is 18.2 Å². The Balaban J connectivity index is 2.39. The molecule has 0 aliphatic carbocycles. The van der Waals surface area contributed by atoms with Crippen molar-refractivity contribution in [3.05, 3.63) is 47.9 Å². The van der Waals surface area contributed by atoms with Gasteiger partial charge in [0.15, 0.2) is 0 Å². The molecule has 3 nitrogen and oxygen atoms in total. The second-order valence-electron chi connectivity index (χ2n) is 3.45. The number of nitrogens with zero attached hydrogens (tertiary/aromatic N) is 3. The fraction of sp³-hybridized carbons (Fsp3) is 0.154. The average Bonchev–Trinajstić information content (AvgIpc) is 2.39. The maximum Gasteiger partial charge on any atom is 0.144 e. The minimum Gasteiger partial charge on any atom is -0.236 e. The molecule has 1 aromatic carbocycles. The standard InChI is InChI=1S/C13H11N3/c1-2-10-3-5-11(6-4-10)13-7-12(8-14)15-9-16-13/h3-7,9H,2H2,1H3. The molecule has 1 aromatic heterocycles. The minimum absolute atomic E-state index is 0.393. The van der Waals surface area contributed by atoms with Gasteiger partial charge in [-0.25, -0.2) is 9.97 Å². The van der Waals surface area contributed by atoms with Gasteiger partial charge in [0, 0.05) is 11.6 Å². The first kappa shape index (κ1) is 10.3. The van der Waals surface area contributed by atoms with E-state index in [1.54, 1.807) is 6.07 Å². The normalized spacial score (nSPS) is 9.75. The summed E-state index contributed by atoms with van der Waals surface area (Å²) in [5.74, 6) is 0. The third kappa shape index (κ3) is 2.06. The summed E-state index contributed by atoms with van der Waals surface area (Å²) in [7, 11) is 0. The Bertz CT molecular complexity index is 524. The van der Waals surface area contributed by atoms with E-state index >= 15 is 0 Å². The van der Waals surface area contributed by atoms with Crippen LogP contribution in [-0.4, -0.2) is 9.97 Å². The van der Waals surface area contributed by atoms with Crippen LogP contribution in [0.4, 0.5) is 0 Å². The average molecular weight is 209 g/mol. The maximum absolute atomic E-state index is 8.75. The van der Waals surface area contributed by atoms with Gasteiger partial charge in [-0.15, -0.1) is 0 Å². The highest BCUT2D eigenvalue weighted by Crippen LogP contribution is 2.17. The zero-order valence-electron chi connectivity index (χ0n) is 9.01. The van der Waals surface area contributed by atoms with Crippen molar-refractivity contribution < 1.29 is 0 Å². The monoisotopic (exact) mass is 209 g/mol. The summed E-state index contributed by atoms with van der Waals surface area (Å²) in [5.41, 5.74) is 3.48. The van der Waals surface area contributed by atoms with Crippen LogP contribution in [0, 0.1) is 11.3 Å². The molecule has 16 heavy (non-hydrogen) atoms. The van der Waals surface area contributed by atoms with E-state index in [1.165, 1.54) is 11.9 Å². The Kier molecular flexibility index (Phi) is 2.93. The fourth-order valence-electron chi connectivity index (χ4n) is 1.49. The van der Waals surface area contributed by atoms with E-state index in [0.29, 0.717) is 5.69 Å². The number of benzene rings is 1. The number of rotatable bonds is 2. The molecule has 0 aliphatic heterocycles. The van der Waals surface area contributed by atoms with Crippen molar-refractivity contribution in [1.82, 2.24) is 9.97 Å². The van der Waals surface area contributed by atoms with Crippen molar-refractivity contribution in [2.75, 3.05) is 0 Å². The number of nitriles is 1. The molecule has 0 atom stereocenters. The molecule has 78 valence electrons. The highest BCUT2D eigenvalue weighted by molar-refractivity contribution is 5.60. The first-order valence-corrected chi connectivity index (χ1v) is 5.15. The summed E-state index contributed by atoms with van der Waals surface area (Å²) in [6.07, 6.45) is 2.44. The number of aromatic nitrogens is 2. The molecule has 0 fully saturated rings. The Morgan fingerprint density at radius 3 is 2.56 bits per heavy atom. The predicted octanol–water partition coefficient (Wildman–Crippen LogP) is 2.58. The van der Waals surface area contributed by atoms with Crippen LogP contribution >= 0.6 is 0 Å². The molecule has 2 aromatic rings. The van der Waals surface area contributed by atoms with E-state index in [0.717, 1.165) is 17.7 Å². The van der Waals surface area contributed by atoms with Crippen LogP contribution in [0.3, 0.4) is 0 Å². The summed E-state index contributed by atoms with van der Waals surface area (Å²) < 4.78 is 0.